The normalized spacial score (nSPS) is 11.1. The van der Waals surface area contributed by atoms with Gasteiger partial charge in [-0.3, -0.25) is 10.1 Å². The number of benzene rings is 1. The van der Waals surface area contributed by atoms with Crippen LogP contribution in [0.4, 0.5) is 5.69 Å². The van der Waals surface area contributed by atoms with Crippen LogP contribution in [0.5, 0.6) is 0 Å². The van der Waals surface area contributed by atoms with Gasteiger partial charge < -0.3 is 4.42 Å². The fraction of sp³-hybridized carbons (Fsp3) is 0.0625. The van der Waals surface area contributed by atoms with E-state index in [1.54, 1.807) is 35.0 Å². The lowest BCUT2D eigenvalue weighted by Crippen LogP contribution is -1.98. The van der Waals surface area contributed by atoms with Crippen molar-refractivity contribution in [2.24, 2.45) is 0 Å². The number of rotatable bonds is 4. The molecule has 4 aromatic rings. The summed E-state index contributed by atoms with van der Waals surface area (Å²) in [7, 11) is 0. The van der Waals surface area contributed by atoms with E-state index in [-0.39, 0.29) is 5.69 Å². The van der Waals surface area contributed by atoms with Crippen molar-refractivity contribution in [3.05, 3.63) is 58.8 Å². The van der Waals surface area contributed by atoms with Crippen molar-refractivity contribution in [1.29, 1.82) is 0 Å². The molecule has 0 unspecified atom stereocenters. The summed E-state index contributed by atoms with van der Waals surface area (Å²) in [6, 6.07) is 11.7. The van der Waals surface area contributed by atoms with E-state index in [1.165, 1.54) is 23.9 Å². The highest BCUT2D eigenvalue weighted by molar-refractivity contribution is 7.98. The van der Waals surface area contributed by atoms with Gasteiger partial charge in [0.15, 0.2) is 5.76 Å². The van der Waals surface area contributed by atoms with Crippen LogP contribution in [0.25, 0.3) is 28.5 Å². The summed E-state index contributed by atoms with van der Waals surface area (Å²) in [5.74, 6) is 1.01. The smallest absolute Gasteiger partial charge is 0.270 e. The predicted octanol–water partition coefficient (Wildman–Crippen LogP) is 3.68. The second kappa shape index (κ2) is 6.02. The van der Waals surface area contributed by atoms with Crippen LogP contribution in [-0.4, -0.2) is 30.8 Å². The summed E-state index contributed by atoms with van der Waals surface area (Å²) >= 11 is 1.41. The Morgan fingerprint density at radius 3 is 2.80 bits per heavy atom. The minimum atomic E-state index is -0.432. The van der Waals surface area contributed by atoms with E-state index in [4.69, 9.17) is 4.42 Å². The summed E-state index contributed by atoms with van der Waals surface area (Å²) in [4.78, 5) is 19.5. The second-order valence-electron chi connectivity index (χ2n) is 5.12. The average molecular weight is 353 g/mol. The van der Waals surface area contributed by atoms with Gasteiger partial charge in [-0.25, -0.2) is 4.98 Å². The van der Waals surface area contributed by atoms with Gasteiger partial charge in [0.1, 0.15) is 5.69 Å². The molecular formula is C16H11N5O3S. The highest BCUT2D eigenvalue weighted by Gasteiger charge is 2.16. The minimum Gasteiger partial charge on any atom is -0.463 e. The van der Waals surface area contributed by atoms with Crippen LogP contribution in [0.3, 0.4) is 0 Å². The lowest BCUT2D eigenvalue weighted by Gasteiger charge is -2.05. The monoisotopic (exact) mass is 353 g/mol. The maximum atomic E-state index is 11.0. The number of thioether (sulfide) groups is 1. The topological polar surface area (TPSA) is 99.4 Å². The maximum Gasteiger partial charge on any atom is 0.270 e. The Labute approximate surface area is 145 Å². The van der Waals surface area contributed by atoms with E-state index in [2.05, 4.69) is 15.1 Å². The van der Waals surface area contributed by atoms with Crippen LogP contribution in [0, 0.1) is 10.1 Å². The zero-order valence-corrected chi connectivity index (χ0v) is 13.8. The molecule has 0 fully saturated rings. The van der Waals surface area contributed by atoms with Gasteiger partial charge in [-0.15, -0.1) is 5.10 Å². The van der Waals surface area contributed by atoms with Gasteiger partial charge >= 0.3 is 0 Å². The highest BCUT2D eigenvalue weighted by Crippen LogP contribution is 2.28. The molecule has 4 rings (SSSR count). The molecule has 0 saturated carbocycles. The molecule has 0 radical (unpaired) electrons. The number of hydrogen-bond donors (Lipinski definition) is 0. The number of non-ortho nitro benzene ring substituents is 1. The largest absolute Gasteiger partial charge is 0.463 e. The number of aromatic nitrogens is 4. The molecule has 0 spiro atoms. The summed E-state index contributed by atoms with van der Waals surface area (Å²) < 4.78 is 7.09. The van der Waals surface area contributed by atoms with E-state index in [9.17, 15) is 10.1 Å². The van der Waals surface area contributed by atoms with Gasteiger partial charge in [0.2, 0.25) is 5.16 Å². The SMILES string of the molecule is CSc1nc2nc(-c3cccc([N+](=O)[O-])c3)cc(-c3ccco3)n2n1. The molecule has 9 heteroatoms. The number of hydrogen-bond acceptors (Lipinski definition) is 7. The Morgan fingerprint density at radius 1 is 1.20 bits per heavy atom. The molecule has 0 bridgehead atoms. The number of fused-ring (bicyclic) bond motifs is 1. The van der Waals surface area contributed by atoms with Crippen LogP contribution >= 0.6 is 11.8 Å². The zero-order chi connectivity index (χ0) is 17.4. The van der Waals surface area contributed by atoms with Crippen LogP contribution in [0.1, 0.15) is 0 Å². The van der Waals surface area contributed by atoms with E-state index >= 15 is 0 Å². The first-order valence-electron chi connectivity index (χ1n) is 7.26. The molecule has 3 aromatic heterocycles. The van der Waals surface area contributed by atoms with E-state index < -0.39 is 4.92 Å². The van der Waals surface area contributed by atoms with Crippen molar-refractivity contribution < 1.29 is 9.34 Å². The van der Waals surface area contributed by atoms with E-state index in [0.717, 1.165) is 0 Å². The molecule has 3 heterocycles. The van der Waals surface area contributed by atoms with Crippen LogP contribution in [0.15, 0.2) is 58.3 Å². The third kappa shape index (κ3) is 2.74. The van der Waals surface area contributed by atoms with Crippen molar-refractivity contribution in [2.45, 2.75) is 5.16 Å². The molecule has 8 nitrogen and oxygen atoms in total. The Kier molecular flexibility index (Phi) is 3.69. The summed E-state index contributed by atoms with van der Waals surface area (Å²) in [6.07, 6.45) is 3.45. The van der Waals surface area contributed by atoms with Gasteiger partial charge in [0, 0.05) is 17.7 Å². The molecule has 1 aromatic carbocycles. The first-order chi connectivity index (χ1) is 12.2. The molecule has 0 atom stereocenters. The molecule has 0 amide bonds. The molecule has 0 aliphatic carbocycles. The third-order valence-corrected chi connectivity index (χ3v) is 4.14. The van der Waals surface area contributed by atoms with Crippen molar-refractivity contribution in [3.8, 4) is 22.7 Å². The first kappa shape index (κ1) is 15.3. The van der Waals surface area contributed by atoms with Crippen molar-refractivity contribution in [2.75, 3.05) is 6.26 Å². The molecular weight excluding hydrogens is 342 g/mol. The average Bonchev–Trinajstić information content (AvgIpc) is 3.30. The van der Waals surface area contributed by atoms with Gasteiger partial charge in [0.05, 0.1) is 16.9 Å². The fourth-order valence-electron chi connectivity index (χ4n) is 2.46. The molecule has 25 heavy (non-hydrogen) atoms. The van der Waals surface area contributed by atoms with E-state index in [1.807, 2.05) is 12.3 Å². The Hall–Kier alpha value is -3.20. The maximum absolute atomic E-state index is 11.0. The Bertz CT molecular complexity index is 1070. The first-order valence-corrected chi connectivity index (χ1v) is 8.49. The summed E-state index contributed by atoms with van der Waals surface area (Å²) in [6.45, 7) is 0. The number of furan rings is 1. The Morgan fingerprint density at radius 2 is 2.08 bits per heavy atom. The van der Waals surface area contributed by atoms with Crippen LogP contribution in [-0.2, 0) is 0 Å². The summed E-state index contributed by atoms with van der Waals surface area (Å²) in [5.41, 5.74) is 1.86. The lowest BCUT2D eigenvalue weighted by atomic mass is 10.1. The minimum absolute atomic E-state index is 0.00462. The molecule has 0 aliphatic rings. The van der Waals surface area contributed by atoms with Crippen molar-refractivity contribution in [3.63, 3.8) is 0 Å². The van der Waals surface area contributed by atoms with Gasteiger partial charge in [-0.1, -0.05) is 23.9 Å². The van der Waals surface area contributed by atoms with Gasteiger partial charge in [0.25, 0.3) is 11.5 Å². The number of nitro benzene ring substituents is 1. The fourth-order valence-corrected chi connectivity index (χ4v) is 2.80. The molecule has 0 saturated heterocycles. The highest BCUT2D eigenvalue weighted by atomic mass is 32.2. The summed E-state index contributed by atoms with van der Waals surface area (Å²) in [5, 5.41) is 16.0. The van der Waals surface area contributed by atoms with E-state index in [0.29, 0.717) is 33.6 Å². The number of nitrogens with zero attached hydrogens (tertiary/aromatic N) is 5. The van der Waals surface area contributed by atoms with Crippen LogP contribution < -0.4 is 0 Å². The zero-order valence-electron chi connectivity index (χ0n) is 13.0. The Balaban J connectivity index is 1.96. The number of nitro groups is 1. The van der Waals surface area contributed by atoms with Crippen LogP contribution in [0.2, 0.25) is 0 Å². The molecule has 124 valence electrons. The molecule has 0 aliphatic heterocycles. The second-order valence-corrected chi connectivity index (χ2v) is 5.90. The third-order valence-electron chi connectivity index (χ3n) is 3.60. The lowest BCUT2D eigenvalue weighted by molar-refractivity contribution is -0.384. The van der Waals surface area contributed by atoms with Gasteiger partial charge in [-0.2, -0.15) is 9.50 Å². The quantitative estimate of drug-likeness (QED) is 0.313. The molecule has 0 N–H and O–H groups in total. The predicted molar refractivity (Wildman–Crippen MR) is 92.4 cm³/mol. The standard InChI is InChI=1S/C16H11N5O3S/c1-25-16-18-15-17-12(10-4-2-5-11(8-10)21(22)23)9-13(20(15)19-16)14-6-3-7-24-14/h2-9H,1H3. The van der Waals surface area contributed by atoms with Crippen molar-refractivity contribution >= 4 is 23.2 Å². The van der Waals surface area contributed by atoms with Gasteiger partial charge in [-0.05, 0) is 24.5 Å². The van der Waals surface area contributed by atoms with Crippen molar-refractivity contribution in [1.82, 2.24) is 19.6 Å².